The molecular weight excluding hydrogens is 284 g/mol. The predicted molar refractivity (Wildman–Crippen MR) is 57.3 cm³/mol. The molecule has 20 heavy (non-hydrogen) atoms. The maximum atomic E-state index is 10.0. The third-order valence-corrected chi connectivity index (χ3v) is 1.12. The summed E-state index contributed by atoms with van der Waals surface area (Å²) in [7, 11) is 0. The number of nitrogens with zero attached hydrogens (tertiary/aromatic N) is 10. The summed E-state index contributed by atoms with van der Waals surface area (Å²) in [5.74, 6) is 13.6. The zero-order chi connectivity index (χ0) is 14.0. The molecule has 0 amide bonds. The first-order valence-electron chi connectivity index (χ1n) is 3.92. The SMILES string of the molecule is N[NH3+].N[NH3+].O.O.O=[N+]([O-])[N-]c1nnnn1-c1nnn[n-]1. The Balaban J connectivity index is -0.000000444. The highest BCUT2D eigenvalue weighted by Crippen LogP contribution is 2.13. The van der Waals surface area contributed by atoms with Gasteiger partial charge >= 0.3 is 0 Å². The van der Waals surface area contributed by atoms with Crippen LogP contribution < -0.4 is 28.5 Å². The van der Waals surface area contributed by atoms with Gasteiger partial charge < -0.3 is 11.0 Å². The van der Waals surface area contributed by atoms with E-state index in [0.717, 1.165) is 4.68 Å². The smallest absolute Gasteiger partial charge is 0.148 e. The molecule has 0 unspecified atom stereocenters. The summed E-state index contributed by atoms with van der Waals surface area (Å²) in [5, 5.41) is 32.0. The first-order valence-corrected chi connectivity index (χ1v) is 3.92. The van der Waals surface area contributed by atoms with Gasteiger partial charge in [-0.25, -0.2) is 25.0 Å². The van der Waals surface area contributed by atoms with Crippen LogP contribution >= 0.6 is 0 Å². The topological polar surface area (TPSA) is 324 Å². The van der Waals surface area contributed by atoms with E-state index in [1.807, 2.05) is 0 Å². The number of nitrogens with two attached hydrogens (primary N) is 2. The van der Waals surface area contributed by atoms with Gasteiger partial charge in [0.05, 0.1) is 0 Å². The van der Waals surface area contributed by atoms with Gasteiger partial charge in [0.15, 0.2) is 0 Å². The van der Waals surface area contributed by atoms with Crippen molar-refractivity contribution in [2.24, 2.45) is 11.7 Å². The van der Waals surface area contributed by atoms with Gasteiger partial charge in [0.1, 0.15) is 16.9 Å². The fourth-order valence-corrected chi connectivity index (χ4v) is 0.672. The molecule has 2 rings (SSSR count). The molecule has 0 spiro atoms. The van der Waals surface area contributed by atoms with Crippen molar-refractivity contribution in [1.82, 2.24) is 40.8 Å². The van der Waals surface area contributed by atoms with Crippen LogP contribution in [0.4, 0.5) is 5.95 Å². The van der Waals surface area contributed by atoms with Crippen LogP contribution in [0.5, 0.6) is 0 Å². The predicted octanol–water partition coefficient (Wildman–Crippen LogP) is -7.44. The Kier molecular flexibility index (Phi) is 14.0. The van der Waals surface area contributed by atoms with Crippen LogP contribution in [0.25, 0.3) is 11.4 Å². The van der Waals surface area contributed by atoms with Crippen molar-refractivity contribution in [3.05, 3.63) is 15.5 Å². The summed E-state index contributed by atoms with van der Waals surface area (Å²) in [4.78, 5) is 10.0. The molecule has 18 heteroatoms. The monoisotopic (exact) mass is 298 g/mol. The number of hydrogen-bond donors (Lipinski definition) is 4. The Hall–Kier alpha value is -2.90. The van der Waals surface area contributed by atoms with Crippen molar-refractivity contribution in [2.45, 2.75) is 0 Å². The second-order valence-corrected chi connectivity index (χ2v) is 1.91. The summed E-state index contributed by atoms with van der Waals surface area (Å²) in [6.07, 6.45) is 0. The van der Waals surface area contributed by atoms with E-state index in [0.29, 0.717) is 0 Å². The van der Waals surface area contributed by atoms with Crippen molar-refractivity contribution >= 4 is 5.95 Å². The molecule has 2 aromatic heterocycles. The van der Waals surface area contributed by atoms with Crippen molar-refractivity contribution < 1.29 is 27.7 Å². The Bertz CT molecular complexity index is 436. The molecule has 2 aromatic rings. The third-order valence-electron chi connectivity index (χ3n) is 1.12. The van der Waals surface area contributed by atoms with E-state index >= 15 is 0 Å². The van der Waals surface area contributed by atoms with Gasteiger partial charge in [-0.1, -0.05) is 10.6 Å². The Morgan fingerprint density at radius 2 is 1.80 bits per heavy atom. The van der Waals surface area contributed by atoms with Crippen molar-refractivity contribution in [1.29, 1.82) is 0 Å². The number of hydrogen-bond acceptors (Lipinski definition) is 10. The van der Waals surface area contributed by atoms with E-state index in [9.17, 15) is 10.1 Å². The molecule has 0 fully saturated rings. The molecule has 0 aliphatic carbocycles. The molecule has 0 atom stereocenters. The maximum Gasteiger partial charge on any atom is 0.148 e. The van der Waals surface area contributed by atoms with Crippen LogP contribution in [-0.4, -0.2) is 51.7 Å². The number of aromatic nitrogens is 8. The fourth-order valence-electron chi connectivity index (χ4n) is 0.672. The van der Waals surface area contributed by atoms with E-state index in [1.54, 1.807) is 0 Å². The minimum absolute atomic E-state index is 0. The minimum Gasteiger partial charge on any atom is -0.412 e. The van der Waals surface area contributed by atoms with Crippen molar-refractivity contribution in [3.63, 3.8) is 0 Å². The van der Waals surface area contributed by atoms with Gasteiger partial charge in [-0.2, -0.15) is 16.9 Å². The highest BCUT2D eigenvalue weighted by atomic mass is 16.7. The van der Waals surface area contributed by atoms with Gasteiger partial charge in [0.25, 0.3) is 0 Å². The van der Waals surface area contributed by atoms with Gasteiger partial charge in [0.2, 0.25) is 0 Å². The lowest BCUT2D eigenvalue weighted by Crippen LogP contribution is -2.59. The van der Waals surface area contributed by atoms with Crippen LogP contribution in [0.1, 0.15) is 0 Å². The molecule has 0 bridgehead atoms. The van der Waals surface area contributed by atoms with Crippen molar-refractivity contribution in [2.75, 3.05) is 0 Å². The quantitative estimate of drug-likeness (QED) is 0.234. The average molecular weight is 298 g/mol. The maximum absolute atomic E-state index is 10.0. The first kappa shape index (κ1) is 22.3. The second-order valence-electron chi connectivity index (χ2n) is 1.91. The lowest BCUT2D eigenvalue weighted by molar-refractivity contribution is -0.419. The average Bonchev–Trinajstić information content (AvgIpc) is 3.03. The standard InChI is InChI=1S/C2N10O2.2H4N2.2H2O/c13-12(14)6-2-5-9-10-11(2)1-3-7-8-4-1;2*1-2;;/h;2*1-2H2;2*1H2/q-2;;;;/p+2. The van der Waals surface area contributed by atoms with Gasteiger partial charge in [-0.05, 0) is 0 Å². The summed E-state index contributed by atoms with van der Waals surface area (Å²) in [6.45, 7) is 0. The van der Waals surface area contributed by atoms with Gasteiger partial charge in [-0.3, -0.25) is 16.8 Å². The van der Waals surface area contributed by atoms with Crippen LogP contribution in [0.3, 0.4) is 0 Å². The molecular formula is C2H14N14O4. The lowest BCUT2D eigenvalue weighted by atomic mass is 10.9. The summed E-state index contributed by atoms with van der Waals surface area (Å²) in [5.41, 5.74) is 2.89. The number of rotatable bonds is 3. The lowest BCUT2D eigenvalue weighted by Gasteiger charge is -2.03. The van der Waals surface area contributed by atoms with Crippen LogP contribution in [0.2, 0.25) is 0 Å². The van der Waals surface area contributed by atoms with E-state index in [1.165, 1.54) is 0 Å². The van der Waals surface area contributed by atoms with E-state index < -0.39 is 5.03 Å². The molecule has 0 radical (unpaired) electrons. The normalized spacial score (nSPS) is 7.60. The van der Waals surface area contributed by atoms with E-state index in [-0.39, 0.29) is 22.8 Å². The Morgan fingerprint density at radius 3 is 2.25 bits per heavy atom. The first-order chi connectivity index (χ1) is 8.77. The number of nitro groups is 1. The van der Waals surface area contributed by atoms with Gasteiger partial charge in [-0.15, -0.1) is 10.4 Å². The van der Waals surface area contributed by atoms with Crippen LogP contribution in [0, 0.1) is 10.1 Å². The fraction of sp³-hybridized carbons (Fsp3) is 0. The largest absolute Gasteiger partial charge is 0.412 e. The Morgan fingerprint density at radius 1 is 1.20 bits per heavy atom. The highest BCUT2D eigenvalue weighted by Gasteiger charge is 2.04. The molecule has 18 nitrogen and oxygen atoms in total. The number of quaternary nitrogens is 2. The zero-order valence-corrected chi connectivity index (χ0v) is 9.86. The second kappa shape index (κ2) is 12.6. The summed E-state index contributed by atoms with van der Waals surface area (Å²) >= 11 is 0. The van der Waals surface area contributed by atoms with Gasteiger partial charge in [0, 0.05) is 0 Å². The molecule has 0 aliphatic rings. The molecule has 116 valence electrons. The van der Waals surface area contributed by atoms with Crippen LogP contribution in [-0.2, 0) is 0 Å². The Labute approximate surface area is 109 Å². The molecule has 0 saturated heterocycles. The zero-order valence-electron chi connectivity index (χ0n) is 9.86. The highest BCUT2D eigenvalue weighted by molar-refractivity contribution is 5.29. The van der Waals surface area contributed by atoms with E-state index in [4.69, 9.17) is 0 Å². The third kappa shape index (κ3) is 6.15. The van der Waals surface area contributed by atoms with E-state index in [2.05, 4.69) is 64.9 Å². The van der Waals surface area contributed by atoms with Crippen LogP contribution in [0.15, 0.2) is 0 Å². The molecule has 2 heterocycles. The summed E-state index contributed by atoms with van der Waals surface area (Å²) < 4.78 is 0.836. The van der Waals surface area contributed by atoms with Crippen molar-refractivity contribution in [3.8, 4) is 5.95 Å². The minimum atomic E-state index is -0.939. The molecule has 0 aromatic carbocycles. The molecule has 0 aliphatic heterocycles. The number of tetrazole rings is 2. The summed E-state index contributed by atoms with van der Waals surface area (Å²) in [6, 6.07) is 0. The molecule has 14 N–H and O–H groups in total. The molecule has 0 saturated carbocycles.